The fourth-order valence-electron chi connectivity index (χ4n) is 2.89. The molecule has 2 N–H and O–H groups in total. The van der Waals surface area contributed by atoms with Gasteiger partial charge in [0.15, 0.2) is 0 Å². The van der Waals surface area contributed by atoms with Crippen LogP contribution in [0.3, 0.4) is 0 Å². The Hall–Kier alpha value is -2.10. The number of aliphatic carboxylic acids is 2. The van der Waals surface area contributed by atoms with Gasteiger partial charge in [-0.05, 0) is 42.4 Å². The van der Waals surface area contributed by atoms with E-state index in [0.29, 0.717) is 5.57 Å². The van der Waals surface area contributed by atoms with Gasteiger partial charge in [0.1, 0.15) is 5.57 Å². The molecule has 0 heterocycles. The van der Waals surface area contributed by atoms with Gasteiger partial charge in [-0.25, -0.2) is 9.59 Å². The van der Waals surface area contributed by atoms with Crippen LogP contribution < -0.4 is 0 Å². The number of rotatable bonds is 8. The van der Waals surface area contributed by atoms with E-state index in [9.17, 15) is 19.8 Å². The molecular weight excluding hydrogens is 280 g/mol. The molecule has 0 aliphatic carbocycles. The van der Waals surface area contributed by atoms with E-state index in [1.165, 1.54) is 0 Å². The first-order chi connectivity index (χ1) is 10.4. The zero-order valence-electron chi connectivity index (χ0n) is 13.4. The fourth-order valence-corrected chi connectivity index (χ4v) is 2.89. The molecule has 0 radical (unpaired) electrons. The monoisotopic (exact) mass is 304 g/mol. The number of aryl methyl sites for hydroxylation is 1. The Morgan fingerprint density at radius 3 is 1.91 bits per heavy atom. The molecule has 0 unspecified atom stereocenters. The lowest BCUT2D eigenvalue weighted by atomic mass is 9.81. The van der Waals surface area contributed by atoms with Crippen LogP contribution in [0.15, 0.2) is 29.8 Å². The van der Waals surface area contributed by atoms with E-state index in [1.54, 1.807) is 0 Å². The van der Waals surface area contributed by atoms with Gasteiger partial charge in [0, 0.05) is 0 Å². The van der Waals surface area contributed by atoms with Crippen LogP contribution in [0, 0.1) is 12.8 Å². The highest BCUT2D eigenvalue weighted by Gasteiger charge is 2.28. The van der Waals surface area contributed by atoms with Crippen LogP contribution in [0.1, 0.15) is 50.7 Å². The summed E-state index contributed by atoms with van der Waals surface area (Å²) in [4.78, 5) is 23.1. The van der Waals surface area contributed by atoms with Crippen LogP contribution in [0.4, 0.5) is 0 Å². The number of carboxylic acids is 2. The van der Waals surface area contributed by atoms with Crippen LogP contribution in [0.2, 0.25) is 0 Å². The summed E-state index contributed by atoms with van der Waals surface area (Å²) in [6.45, 7) is 5.93. The van der Waals surface area contributed by atoms with Crippen molar-refractivity contribution in [2.45, 2.75) is 46.5 Å². The molecule has 1 rings (SSSR count). The van der Waals surface area contributed by atoms with Crippen molar-refractivity contribution in [3.63, 3.8) is 0 Å². The fraction of sp³-hybridized carbons (Fsp3) is 0.444. The number of hydrogen-bond donors (Lipinski definition) is 2. The summed E-state index contributed by atoms with van der Waals surface area (Å²) in [6.07, 6.45) is 3.32. The molecular formula is C18H24O4. The third kappa shape index (κ3) is 4.20. The summed E-state index contributed by atoms with van der Waals surface area (Å²) in [6, 6.07) is 7.38. The van der Waals surface area contributed by atoms with Gasteiger partial charge >= 0.3 is 11.9 Å². The summed E-state index contributed by atoms with van der Waals surface area (Å²) in [5, 5.41) is 18.8. The number of carboxylic acid groups (broad SMARTS) is 2. The van der Waals surface area contributed by atoms with Gasteiger partial charge in [-0.2, -0.15) is 0 Å². The van der Waals surface area contributed by atoms with Gasteiger partial charge in [-0.15, -0.1) is 0 Å². The predicted molar refractivity (Wildman–Crippen MR) is 86.7 cm³/mol. The third-order valence-corrected chi connectivity index (χ3v) is 3.81. The van der Waals surface area contributed by atoms with Gasteiger partial charge in [0.25, 0.3) is 0 Å². The standard InChI is InChI=1S/C18H24O4/c1-4-8-13(9-5-2)15(16(17(19)20)18(21)22)14-11-7-6-10-12(14)3/h6-7,10-11,13H,4-5,8-9H2,1-3H3,(H,19,20)(H,21,22). The molecule has 0 aliphatic rings. The molecule has 120 valence electrons. The first kappa shape index (κ1) is 18.0. The molecule has 0 amide bonds. The molecule has 0 saturated heterocycles. The molecule has 0 spiro atoms. The van der Waals surface area contributed by atoms with Crippen molar-refractivity contribution in [3.8, 4) is 0 Å². The van der Waals surface area contributed by atoms with E-state index in [-0.39, 0.29) is 5.92 Å². The average molecular weight is 304 g/mol. The topological polar surface area (TPSA) is 74.6 Å². The Balaban J connectivity index is 3.63. The minimum atomic E-state index is -1.37. The SMILES string of the molecule is CCCC(CCC)C(=C(C(=O)O)C(=O)O)c1ccccc1C. The molecule has 0 bridgehead atoms. The summed E-state index contributed by atoms with van der Waals surface area (Å²) in [5.74, 6) is -2.80. The zero-order valence-corrected chi connectivity index (χ0v) is 13.4. The first-order valence-electron chi connectivity index (χ1n) is 7.70. The molecule has 0 atom stereocenters. The van der Waals surface area contributed by atoms with Crippen LogP contribution >= 0.6 is 0 Å². The Morgan fingerprint density at radius 1 is 1.00 bits per heavy atom. The second kappa shape index (κ2) is 8.37. The zero-order chi connectivity index (χ0) is 16.7. The van der Waals surface area contributed by atoms with E-state index < -0.39 is 17.5 Å². The smallest absolute Gasteiger partial charge is 0.343 e. The molecule has 1 aromatic carbocycles. The number of allylic oxidation sites excluding steroid dienone is 1. The number of benzene rings is 1. The van der Waals surface area contributed by atoms with Crippen molar-refractivity contribution in [1.82, 2.24) is 0 Å². The minimum absolute atomic E-state index is 0.0571. The molecule has 0 saturated carbocycles. The summed E-state index contributed by atoms with van der Waals surface area (Å²) in [5.41, 5.74) is 1.59. The Morgan fingerprint density at radius 2 is 1.50 bits per heavy atom. The van der Waals surface area contributed by atoms with Crippen LogP contribution in [-0.4, -0.2) is 22.2 Å². The number of hydrogen-bond acceptors (Lipinski definition) is 2. The summed E-state index contributed by atoms with van der Waals surface area (Å²) < 4.78 is 0. The average Bonchev–Trinajstić information content (AvgIpc) is 2.44. The Labute approximate surface area is 131 Å². The van der Waals surface area contributed by atoms with Gasteiger partial charge in [0.2, 0.25) is 0 Å². The molecule has 4 nitrogen and oxygen atoms in total. The molecule has 0 aromatic heterocycles. The van der Waals surface area contributed by atoms with Gasteiger partial charge in [-0.3, -0.25) is 0 Å². The summed E-state index contributed by atoms with van der Waals surface area (Å²) >= 11 is 0. The van der Waals surface area contributed by atoms with E-state index in [0.717, 1.165) is 36.8 Å². The van der Waals surface area contributed by atoms with Gasteiger partial charge in [0.05, 0.1) is 0 Å². The third-order valence-electron chi connectivity index (χ3n) is 3.81. The molecule has 22 heavy (non-hydrogen) atoms. The van der Waals surface area contributed by atoms with Crippen molar-refractivity contribution < 1.29 is 19.8 Å². The van der Waals surface area contributed by atoms with Crippen LogP contribution in [-0.2, 0) is 9.59 Å². The minimum Gasteiger partial charge on any atom is -0.477 e. The molecule has 4 heteroatoms. The highest BCUT2D eigenvalue weighted by atomic mass is 16.4. The van der Waals surface area contributed by atoms with Gasteiger partial charge in [-0.1, -0.05) is 51.0 Å². The van der Waals surface area contributed by atoms with Crippen molar-refractivity contribution in [2.75, 3.05) is 0 Å². The molecule has 1 aromatic rings. The number of carbonyl (C=O) groups is 2. The normalized spacial score (nSPS) is 10.5. The lowest BCUT2D eigenvalue weighted by Crippen LogP contribution is -2.18. The Kier molecular flexibility index (Phi) is 6.83. The molecule has 0 fully saturated rings. The highest BCUT2D eigenvalue weighted by Crippen LogP contribution is 2.35. The maximum absolute atomic E-state index is 11.5. The second-order valence-electron chi connectivity index (χ2n) is 5.49. The Bertz CT molecular complexity index is 550. The highest BCUT2D eigenvalue weighted by molar-refractivity contribution is 6.19. The van der Waals surface area contributed by atoms with Crippen LogP contribution in [0.5, 0.6) is 0 Å². The van der Waals surface area contributed by atoms with E-state index in [4.69, 9.17) is 0 Å². The van der Waals surface area contributed by atoms with Crippen molar-refractivity contribution in [3.05, 3.63) is 41.0 Å². The largest absolute Gasteiger partial charge is 0.477 e. The van der Waals surface area contributed by atoms with Crippen LogP contribution in [0.25, 0.3) is 5.57 Å². The van der Waals surface area contributed by atoms with Crippen molar-refractivity contribution in [1.29, 1.82) is 0 Å². The second-order valence-corrected chi connectivity index (χ2v) is 5.49. The maximum atomic E-state index is 11.5. The van der Waals surface area contributed by atoms with Crippen molar-refractivity contribution >= 4 is 17.5 Å². The van der Waals surface area contributed by atoms with E-state index >= 15 is 0 Å². The predicted octanol–water partition coefficient (Wildman–Crippen LogP) is 4.13. The first-order valence-corrected chi connectivity index (χ1v) is 7.70. The van der Waals surface area contributed by atoms with E-state index in [1.807, 2.05) is 45.0 Å². The van der Waals surface area contributed by atoms with E-state index in [2.05, 4.69) is 0 Å². The summed E-state index contributed by atoms with van der Waals surface area (Å²) in [7, 11) is 0. The quantitative estimate of drug-likeness (QED) is 0.430. The van der Waals surface area contributed by atoms with Crippen molar-refractivity contribution in [2.24, 2.45) is 5.92 Å². The lowest BCUT2D eigenvalue weighted by Gasteiger charge is -2.23. The lowest BCUT2D eigenvalue weighted by molar-refractivity contribution is -0.140. The maximum Gasteiger partial charge on any atom is 0.343 e. The van der Waals surface area contributed by atoms with Gasteiger partial charge < -0.3 is 10.2 Å². The molecule has 0 aliphatic heterocycles.